The molecule has 4 heteroatoms. The van der Waals surface area contributed by atoms with Crippen LogP contribution in [0.15, 0.2) is 29.9 Å². The van der Waals surface area contributed by atoms with Crippen molar-refractivity contribution in [2.24, 2.45) is 0 Å². The van der Waals surface area contributed by atoms with Gasteiger partial charge in [-0.25, -0.2) is 0 Å². The predicted octanol–water partition coefficient (Wildman–Crippen LogP) is 3.98. The lowest BCUT2D eigenvalue weighted by Gasteiger charge is -2.16. The molecule has 0 bridgehead atoms. The van der Waals surface area contributed by atoms with Crippen LogP contribution in [0.1, 0.15) is 56.1 Å². The van der Waals surface area contributed by atoms with Gasteiger partial charge in [0.15, 0.2) is 0 Å². The molecule has 2 heterocycles. The number of thiophene rings is 1. The van der Waals surface area contributed by atoms with Gasteiger partial charge < -0.3 is 5.32 Å². The first-order chi connectivity index (χ1) is 9.08. The standard InChI is InChI=1S/C15H23N3S/c1-11(2)18-10-14(9-17-18)13(4)16-8-12(3)15-6-5-7-19-15/h5-7,9-13,16H,8H2,1-4H3. The maximum atomic E-state index is 4.39. The zero-order chi connectivity index (χ0) is 13.8. The highest BCUT2D eigenvalue weighted by atomic mass is 32.1. The van der Waals surface area contributed by atoms with E-state index in [4.69, 9.17) is 0 Å². The summed E-state index contributed by atoms with van der Waals surface area (Å²) in [7, 11) is 0. The number of hydrogen-bond acceptors (Lipinski definition) is 3. The van der Waals surface area contributed by atoms with Gasteiger partial charge in [-0.15, -0.1) is 11.3 Å². The molecule has 2 aromatic rings. The van der Waals surface area contributed by atoms with Crippen LogP contribution in [0.5, 0.6) is 0 Å². The highest BCUT2D eigenvalue weighted by Gasteiger charge is 2.12. The van der Waals surface area contributed by atoms with E-state index in [0.717, 1.165) is 6.54 Å². The van der Waals surface area contributed by atoms with Gasteiger partial charge in [-0.2, -0.15) is 5.10 Å². The van der Waals surface area contributed by atoms with E-state index in [9.17, 15) is 0 Å². The normalized spacial score (nSPS) is 14.8. The van der Waals surface area contributed by atoms with Gasteiger partial charge in [0.1, 0.15) is 0 Å². The van der Waals surface area contributed by atoms with Crippen LogP contribution in [0, 0.1) is 0 Å². The molecule has 104 valence electrons. The first-order valence-electron chi connectivity index (χ1n) is 6.88. The fraction of sp³-hybridized carbons (Fsp3) is 0.533. The lowest BCUT2D eigenvalue weighted by molar-refractivity contribution is 0.524. The minimum atomic E-state index is 0.343. The lowest BCUT2D eigenvalue weighted by Crippen LogP contribution is -2.23. The van der Waals surface area contributed by atoms with Crippen molar-refractivity contribution in [3.05, 3.63) is 40.3 Å². The number of aromatic nitrogens is 2. The van der Waals surface area contributed by atoms with E-state index in [1.165, 1.54) is 10.4 Å². The SMILES string of the molecule is CC(CNC(C)c1cnn(C(C)C)c1)c1cccs1. The van der Waals surface area contributed by atoms with Crippen molar-refractivity contribution in [1.82, 2.24) is 15.1 Å². The molecule has 0 amide bonds. The molecule has 19 heavy (non-hydrogen) atoms. The number of nitrogens with one attached hydrogen (secondary N) is 1. The average Bonchev–Trinajstić information content (AvgIpc) is 3.05. The molecule has 0 aromatic carbocycles. The minimum Gasteiger partial charge on any atom is -0.309 e. The topological polar surface area (TPSA) is 29.9 Å². The van der Waals surface area contributed by atoms with Gasteiger partial charge in [0.25, 0.3) is 0 Å². The highest BCUT2D eigenvalue weighted by Crippen LogP contribution is 2.21. The van der Waals surface area contributed by atoms with Crippen molar-refractivity contribution in [2.75, 3.05) is 6.54 Å². The van der Waals surface area contributed by atoms with Crippen LogP contribution in [0.4, 0.5) is 0 Å². The van der Waals surface area contributed by atoms with Crippen LogP contribution in [-0.4, -0.2) is 16.3 Å². The molecule has 2 rings (SSSR count). The molecule has 0 spiro atoms. The number of nitrogens with zero attached hydrogens (tertiary/aromatic N) is 2. The fourth-order valence-electron chi connectivity index (χ4n) is 2.00. The number of hydrogen-bond donors (Lipinski definition) is 1. The van der Waals surface area contributed by atoms with E-state index < -0.39 is 0 Å². The lowest BCUT2D eigenvalue weighted by atomic mass is 10.1. The summed E-state index contributed by atoms with van der Waals surface area (Å²) in [4.78, 5) is 1.44. The molecule has 0 aliphatic rings. The summed E-state index contributed by atoms with van der Waals surface area (Å²) in [5.41, 5.74) is 1.26. The summed E-state index contributed by atoms with van der Waals surface area (Å²) in [5.74, 6) is 0.558. The van der Waals surface area contributed by atoms with E-state index in [1.807, 2.05) is 22.2 Å². The van der Waals surface area contributed by atoms with Crippen molar-refractivity contribution in [3.8, 4) is 0 Å². The van der Waals surface area contributed by atoms with Crippen LogP contribution in [0.25, 0.3) is 0 Å². The monoisotopic (exact) mass is 277 g/mol. The molecule has 0 radical (unpaired) electrons. The third-order valence-electron chi connectivity index (χ3n) is 3.41. The maximum absolute atomic E-state index is 4.39. The summed E-state index contributed by atoms with van der Waals surface area (Å²) in [5, 5.41) is 10.1. The fourth-order valence-corrected chi connectivity index (χ4v) is 2.79. The summed E-state index contributed by atoms with van der Waals surface area (Å²) < 4.78 is 2.01. The first-order valence-corrected chi connectivity index (χ1v) is 7.76. The Morgan fingerprint density at radius 1 is 1.32 bits per heavy atom. The quantitative estimate of drug-likeness (QED) is 0.865. The van der Waals surface area contributed by atoms with Gasteiger partial charge in [0, 0.05) is 41.2 Å². The molecular formula is C15H23N3S. The van der Waals surface area contributed by atoms with E-state index in [0.29, 0.717) is 18.0 Å². The molecule has 2 atom stereocenters. The van der Waals surface area contributed by atoms with E-state index in [2.05, 4.69) is 61.8 Å². The molecule has 0 saturated heterocycles. The Kier molecular flexibility index (Phi) is 4.77. The van der Waals surface area contributed by atoms with Crippen LogP contribution < -0.4 is 5.32 Å². The van der Waals surface area contributed by atoms with Crippen molar-refractivity contribution >= 4 is 11.3 Å². The van der Waals surface area contributed by atoms with Gasteiger partial charge in [-0.05, 0) is 32.2 Å². The number of rotatable bonds is 6. The van der Waals surface area contributed by atoms with Crippen molar-refractivity contribution in [1.29, 1.82) is 0 Å². The summed E-state index contributed by atoms with van der Waals surface area (Å²) in [6, 6.07) is 5.09. The molecular weight excluding hydrogens is 254 g/mol. The van der Waals surface area contributed by atoms with Gasteiger partial charge in [-0.3, -0.25) is 4.68 Å². The minimum absolute atomic E-state index is 0.343. The average molecular weight is 277 g/mol. The molecule has 3 nitrogen and oxygen atoms in total. The molecule has 2 unspecified atom stereocenters. The molecule has 0 aliphatic heterocycles. The van der Waals surface area contributed by atoms with E-state index in [1.54, 1.807) is 0 Å². The smallest absolute Gasteiger partial charge is 0.0537 e. The zero-order valence-corrected chi connectivity index (χ0v) is 12.9. The van der Waals surface area contributed by atoms with Crippen LogP contribution in [-0.2, 0) is 0 Å². The maximum Gasteiger partial charge on any atom is 0.0537 e. The Balaban J connectivity index is 1.88. The largest absolute Gasteiger partial charge is 0.309 e. The first kappa shape index (κ1) is 14.3. The van der Waals surface area contributed by atoms with Gasteiger partial charge >= 0.3 is 0 Å². The summed E-state index contributed by atoms with van der Waals surface area (Å²) in [6.07, 6.45) is 4.10. The third-order valence-corrected chi connectivity index (χ3v) is 4.51. The van der Waals surface area contributed by atoms with Gasteiger partial charge in [0.2, 0.25) is 0 Å². The van der Waals surface area contributed by atoms with Crippen molar-refractivity contribution in [3.63, 3.8) is 0 Å². The van der Waals surface area contributed by atoms with Crippen molar-refractivity contribution < 1.29 is 0 Å². The Hall–Kier alpha value is -1.13. The van der Waals surface area contributed by atoms with E-state index in [-0.39, 0.29) is 0 Å². The second-order valence-corrected chi connectivity index (χ2v) is 6.37. The third kappa shape index (κ3) is 3.67. The van der Waals surface area contributed by atoms with Gasteiger partial charge in [-0.1, -0.05) is 13.0 Å². The van der Waals surface area contributed by atoms with Crippen molar-refractivity contribution in [2.45, 2.75) is 45.7 Å². The molecule has 1 N–H and O–H groups in total. The Labute approximate surface area is 119 Å². The van der Waals surface area contributed by atoms with Crippen LogP contribution in [0.3, 0.4) is 0 Å². The molecule has 0 saturated carbocycles. The second-order valence-electron chi connectivity index (χ2n) is 5.39. The Bertz CT molecular complexity index is 487. The van der Waals surface area contributed by atoms with E-state index >= 15 is 0 Å². The van der Waals surface area contributed by atoms with Crippen LogP contribution in [0.2, 0.25) is 0 Å². The predicted molar refractivity (Wildman–Crippen MR) is 81.8 cm³/mol. The Morgan fingerprint density at radius 2 is 2.11 bits per heavy atom. The molecule has 0 fully saturated rings. The zero-order valence-electron chi connectivity index (χ0n) is 12.1. The highest BCUT2D eigenvalue weighted by molar-refractivity contribution is 7.10. The molecule has 2 aromatic heterocycles. The van der Waals surface area contributed by atoms with Crippen LogP contribution >= 0.6 is 11.3 Å². The second kappa shape index (κ2) is 6.35. The Morgan fingerprint density at radius 3 is 2.68 bits per heavy atom. The van der Waals surface area contributed by atoms with Gasteiger partial charge in [0.05, 0.1) is 6.20 Å². The molecule has 0 aliphatic carbocycles. The summed E-state index contributed by atoms with van der Waals surface area (Å²) in [6.45, 7) is 9.75. The summed E-state index contributed by atoms with van der Waals surface area (Å²) >= 11 is 1.83.